The number of carbonyl (C=O) groups is 1. The third-order valence-corrected chi connectivity index (χ3v) is 8.20. The summed E-state index contributed by atoms with van der Waals surface area (Å²) in [7, 11) is 1.67. The van der Waals surface area contributed by atoms with E-state index in [2.05, 4.69) is 19.2 Å². The van der Waals surface area contributed by atoms with E-state index in [1.807, 2.05) is 0 Å². The Morgan fingerprint density at radius 3 is 1.29 bits per heavy atom. The standard InChI is InChI=1S/C36H73NO4/c1-4-6-8-10-12-14-16-18-20-22-24-26-29-35(41-36(38)37-31-28-32-40-34-33-39-3)30-27-25-23-21-19-17-15-13-11-9-7-5-2/h35H,4-34H2,1-3H3,(H,37,38). The molecule has 0 saturated carbocycles. The lowest BCUT2D eigenvalue weighted by Crippen LogP contribution is -2.30. The monoisotopic (exact) mass is 584 g/mol. The maximum atomic E-state index is 12.4. The third-order valence-electron chi connectivity index (χ3n) is 8.20. The molecule has 0 aromatic rings. The molecule has 0 atom stereocenters. The molecule has 41 heavy (non-hydrogen) atoms. The van der Waals surface area contributed by atoms with E-state index in [0.717, 1.165) is 19.3 Å². The second kappa shape index (κ2) is 35.4. The van der Waals surface area contributed by atoms with Gasteiger partial charge in [0.15, 0.2) is 0 Å². The van der Waals surface area contributed by atoms with Gasteiger partial charge < -0.3 is 19.5 Å². The number of methoxy groups -OCH3 is 1. The van der Waals surface area contributed by atoms with Crippen molar-refractivity contribution in [3.63, 3.8) is 0 Å². The van der Waals surface area contributed by atoms with Crippen molar-refractivity contribution in [1.29, 1.82) is 0 Å². The highest BCUT2D eigenvalue weighted by atomic mass is 16.6. The Kier molecular flexibility index (Phi) is 34.7. The number of hydrogen-bond acceptors (Lipinski definition) is 4. The first-order valence-corrected chi connectivity index (χ1v) is 18.3. The van der Waals surface area contributed by atoms with Crippen molar-refractivity contribution in [2.24, 2.45) is 0 Å². The van der Waals surface area contributed by atoms with Gasteiger partial charge in [0.25, 0.3) is 0 Å². The maximum absolute atomic E-state index is 12.4. The molecular weight excluding hydrogens is 510 g/mol. The molecule has 1 amide bonds. The average Bonchev–Trinajstić information content (AvgIpc) is 2.97. The quantitative estimate of drug-likeness (QED) is 0.0765. The molecule has 0 aromatic carbocycles. The van der Waals surface area contributed by atoms with Gasteiger partial charge in [0, 0.05) is 20.3 Å². The summed E-state index contributed by atoms with van der Waals surface area (Å²) < 4.78 is 16.3. The van der Waals surface area contributed by atoms with Gasteiger partial charge in [-0.3, -0.25) is 0 Å². The van der Waals surface area contributed by atoms with Crippen LogP contribution in [-0.4, -0.2) is 45.7 Å². The number of rotatable bonds is 34. The van der Waals surface area contributed by atoms with Crippen LogP contribution in [0, 0.1) is 0 Å². The fraction of sp³-hybridized carbons (Fsp3) is 0.972. The molecule has 0 unspecified atom stereocenters. The fourth-order valence-electron chi connectivity index (χ4n) is 5.49. The van der Waals surface area contributed by atoms with Crippen LogP contribution < -0.4 is 5.32 Å². The predicted molar refractivity (Wildman–Crippen MR) is 177 cm³/mol. The zero-order chi connectivity index (χ0) is 29.9. The molecule has 0 radical (unpaired) electrons. The molecule has 0 bridgehead atoms. The van der Waals surface area contributed by atoms with Gasteiger partial charge in [0.2, 0.25) is 0 Å². The van der Waals surface area contributed by atoms with Crippen molar-refractivity contribution in [1.82, 2.24) is 5.32 Å². The minimum absolute atomic E-state index is 0.0548. The predicted octanol–water partition coefficient (Wildman–Crippen LogP) is 11.3. The minimum Gasteiger partial charge on any atom is -0.446 e. The van der Waals surface area contributed by atoms with Gasteiger partial charge in [0.1, 0.15) is 6.10 Å². The molecule has 0 spiro atoms. The van der Waals surface area contributed by atoms with Crippen LogP contribution >= 0.6 is 0 Å². The van der Waals surface area contributed by atoms with Crippen molar-refractivity contribution in [2.75, 3.05) is 33.5 Å². The summed E-state index contributed by atoms with van der Waals surface area (Å²) in [6, 6.07) is 0. The zero-order valence-corrected chi connectivity index (χ0v) is 28.1. The van der Waals surface area contributed by atoms with Crippen LogP contribution in [-0.2, 0) is 14.2 Å². The SMILES string of the molecule is CCCCCCCCCCCCCCC(CCCCCCCCCCCCCC)OC(=O)NCCCOCCOC. The molecule has 0 aliphatic carbocycles. The van der Waals surface area contributed by atoms with E-state index in [4.69, 9.17) is 14.2 Å². The highest BCUT2D eigenvalue weighted by molar-refractivity contribution is 5.67. The number of ether oxygens (including phenoxy) is 3. The summed E-state index contributed by atoms with van der Waals surface area (Å²) in [5, 5.41) is 2.92. The first kappa shape index (κ1) is 40.2. The first-order chi connectivity index (χ1) is 20.2. The lowest BCUT2D eigenvalue weighted by atomic mass is 10.0. The molecule has 0 rings (SSSR count). The number of carbonyl (C=O) groups excluding carboxylic acids is 1. The first-order valence-electron chi connectivity index (χ1n) is 18.3. The molecule has 0 aromatic heterocycles. The van der Waals surface area contributed by atoms with E-state index >= 15 is 0 Å². The van der Waals surface area contributed by atoms with Crippen molar-refractivity contribution in [3.05, 3.63) is 0 Å². The summed E-state index contributed by atoms with van der Waals surface area (Å²) in [5.41, 5.74) is 0. The van der Waals surface area contributed by atoms with Crippen LogP contribution in [0.3, 0.4) is 0 Å². The fourth-order valence-corrected chi connectivity index (χ4v) is 5.49. The van der Waals surface area contributed by atoms with E-state index < -0.39 is 0 Å². The van der Waals surface area contributed by atoms with Crippen molar-refractivity contribution >= 4 is 6.09 Å². The Hall–Kier alpha value is -0.810. The summed E-state index contributed by atoms with van der Waals surface area (Å²) in [5.74, 6) is 0. The Balaban J connectivity index is 4.02. The molecule has 5 heteroatoms. The lowest BCUT2D eigenvalue weighted by molar-refractivity contribution is 0.0670. The molecular formula is C36H73NO4. The van der Waals surface area contributed by atoms with E-state index in [1.54, 1.807) is 7.11 Å². The molecule has 246 valence electrons. The molecule has 5 nitrogen and oxygen atoms in total. The van der Waals surface area contributed by atoms with Gasteiger partial charge >= 0.3 is 6.09 Å². The van der Waals surface area contributed by atoms with Gasteiger partial charge in [0.05, 0.1) is 13.2 Å². The van der Waals surface area contributed by atoms with Gasteiger partial charge in [-0.05, 0) is 32.1 Å². The number of alkyl carbamates (subject to hydrolysis) is 1. The summed E-state index contributed by atoms with van der Waals surface area (Å²) in [6.07, 6.45) is 35.1. The normalized spacial score (nSPS) is 11.4. The zero-order valence-electron chi connectivity index (χ0n) is 28.1. The molecule has 0 fully saturated rings. The van der Waals surface area contributed by atoms with Crippen LogP contribution in [0.25, 0.3) is 0 Å². The highest BCUT2D eigenvalue weighted by Gasteiger charge is 2.14. The van der Waals surface area contributed by atoms with E-state index in [1.165, 1.54) is 154 Å². The summed E-state index contributed by atoms with van der Waals surface area (Å²) in [4.78, 5) is 12.4. The average molecular weight is 584 g/mol. The van der Waals surface area contributed by atoms with Gasteiger partial charge in [-0.15, -0.1) is 0 Å². The van der Waals surface area contributed by atoms with Gasteiger partial charge in [-0.2, -0.15) is 0 Å². The largest absolute Gasteiger partial charge is 0.446 e. The smallest absolute Gasteiger partial charge is 0.407 e. The Bertz CT molecular complexity index is 474. The van der Waals surface area contributed by atoms with Crippen molar-refractivity contribution < 1.29 is 19.0 Å². The topological polar surface area (TPSA) is 56.8 Å². The highest BCUT2D eigenvalue weighted by Crippen LogP contribution is 2.18. The Labute approximate surface area is 257 Å². The van der Waals surface area contributed by atoms with E-state index in [0.29, 0.717) is 26.4 Å². The molecule has 0 aliphatic heterocycles. The molecule has 0 heterocycles. The number of hydrogen-bond donors (Lipinski definition) is 1. The van der Waals surface area contributed by atoms with Crippen LogP contribution in [0.2, 0.25) is 0 Å². The summed E-state index contributed by atoms with van der Waals surface area (Å²) >= 11 is 0. The van der Waals surface area contributed by atoms with Crippen LogP contribution in [0.4, 0.5) is 4.79 Å². The number of nitrogens with one attached hydrogen (secondary N) is 1. The van der Waals surface area contributed by atoms with Crippen LogP contribution in [0.15, 0.2) is 0 Å². The maximum Gasteiger partial charge on any atom is 0.407 e. The van der Waals surface area contributed by atoms with Crippen molar-refractivity contribution in [3.8, 4) is 0 Å². The number of unbranched alkanes of at least 4 members (excludes halogenated alkanes) is 22. The molecule has 0 saturated heterocycles. The number of amides is 1. The minimum atomic E-state index is -0.259. The van der Waals surface area contributed by atoms with E-state index in [9.17, 15) is 4.79 Å². The second-order valence-corrected chi connectivity index (χ2v) is 12.3. The molecule has 1 N–H and O–H groups in total. The van der Waals surface area contributed by atoms with Crippen LogP contribution in [0.1, 0.15) is 187 Å². The Morgan fingerprint density at radius 1 is 0.512 bits per heavy atom. The van der Waals surface area contributed by atoms with Gasteiger partial charge in [-0.25, -0.2) is 4.79 Å². The lowest BCUT2D eigenvalue weighted by Gasteiger charge is -2.18. The van der Waals surface area contributed by atoms with Gasteiger partial charge in [-0.1, -0.05) is 155 Å². The third kappa shape index (κ3) is 33.6. The Morgan fingerprint density at radius 2 is 0.902 bits per heavy atom. The van der Waals surface area contributed by atoms with E-state index in [-0.39, 0.29) is 12.2 Å². The second-order valence-electron chi connectivity index (χ2n) is 12.3. The van der Waals surface area contributed by atoms with Crippen molar-refractivity contribution in [2.45, 2.75) is 193 Å². The van der Waals surface area contributed by atoms with Crippen LogP contribution in [0.5, 0.6) is 0 Å². The molecule has 0 aliphatic rings. The summed E-state index contributed by atoms with van der Waals surface area (Å²) in [6.45, 7) is 7.00.